The van der Waals surface area contributed by atoms with Crippen LogP contribution in [0.25, 0.3) is 0 Å². The number of amides is 1. The van der Waals surface area contributed by atoms with E-state index in [9.17, 15) is 9.59 Å². The fraction of sp³-hybridized carbons (Fsp3) is 0.619. The van der Waals surface area contributed by atoms with Gasteiger partial charge in [-0.3, -0.25) is 14.5 Å². The number of benzene rings is 1. The molecule has 0 N–H and O–H groups in total. The van der Waals surface area contributed by atoms with Crippen LogP contribution >= 0.6 is 0 Å². The molecule has 2 heterocycles. The van der Waals surface area contributed by atoms with Crippen molar-refractivity contribution in [3.8, 4) is 0 Å². The molecule has 0 aromatic heterocycles. The molecular formula is C21H30N2O2. The lowest BCUT2D eigenvalue weighted by atomic mass is 9.90. The van der Waals surface area contributed by atoms with E-state index in [1.54, 1.807) is 0 Å². The minimum absolute atomic E-state index is 0.103. The largest absolute Gasteiger partial charge is 0.342 e. The van der Waals surface area contributed by atoms with Gasteiger partial charge in [-0.1, -0.05) is 30.3 Å². The normalized spacial score (nSPS) is 21.9. The zero-order chi connectivity index (χ0) is 17.5. The fourth-order valence-electron chi connectivity index (χ4n) is 4.01. The number of hydrogen-bond acceptors (Lipinski definition) is 3. The number of Topliss-reactive ketones (excluding diaryl/α,β-unsaturated/α-hetero) is 1. The Balaban J connectivity index is 1.45. The van der Waals surface area contributed by atoms with E-state index >= 15 is 0 Å². The molecule has 0 bridgehead atoms. The van der Waals surface area contributed by atoms with E-state index in [4.69, 9.17) is 0 Å². The third kappa shape index (κ3) is 5.40. The highest BCUT2D eigenvalue weighted by molar-refractivity contribution is 5.82. The van der Waals surface area contributed by atoms with Gasteiger partial charge in [0, 0.05) is 32.0 Å². The van der Waals surface area contributed by atoms with Gasteiger partial charge in [-0.05, 0) is 50.6 Å². The maximum atomic E-state index is 12.6. The molecule has 136 valence electrons. The number of rotatable bonds is 6. The van der Waals surface area contributed by atoms with Crippen LogP contribution in [-0.2, 0) is 16.0 Å². The summed E-state index contributed by atoms with van der Waals surface area (Å²) in [7, 11) is 0. The third-order valence-corrected chi connectivity index (χ3v) is 5.53. The first-order valence-corrected chi connectivity index (χ1v) is 9.79. The van der Waals surface area contributed by atoms with E-state index in [0.29, 0.717) is 18.7 Å². The minimum Gasteiger partial charge on any atom is -0.342 e. The number of nitrogens with zero attached hydrogens (tertiary/aromatic N) is 2. The van der Waals surface area contributed by atoms with Crippen molar-refractivity contribution in [3.63, 3.8) is 0 Å². The lowest BCUT2D eigenvalue weighted by Gasteiger charge is -2.34. The van der Waals surface area contributed by atoms with Crippen LogP contribution in [0, 0.1) is 5.92 Å². The first kappa shape index (κ1) is 18.1. The van der Waals surface area contributed by atoms with E-state index in [1.165, 1.54) is 12.0 Å². The lowest BCUT2D eigenvalue weighted by molar-refractivity contribution is -0.135. The van der Waals surface area contributed by atoms with Gasteiger partial charge >= 0.3 is 0 Å². The highest BCUT2D eigenvalue weighted by atomic mass is 16.2. The summed E-state index contributed by atoms with van der Waals surface area (Å²) in [6.45, 7) is 4.01. The van der Waals surface area contributed by atoms with Gasteiger partial charge in [-0.15, -0.1) is 0 Å². The Morgan fingerprint density at radius 1 is 0.960 bits per heavy atom. The zero-order valence-corrected chi connectivity index (χ0v) is 15.2. The standard InChI is InChI=1S/C21H30N2O2/c24-20(12-11-18-8-3-1-4-9-18)19-10-7-13-22(16-19)17-21(25)23-14-5-2-6-15-23/h1,3-4,8-9,19H,2,5-7,10-17H2/t19-/m1/s1. The molecule has 0 unspecified atom stereocenters. The number of aryl methyl sites for hydroxylation is 1. The predicted molar refractivity (Wildman–Crippen MR) is 99.4 cm³/mol. The number of carbonyl (C=O) groups excluding carboxylic acids is 2. The smallest absolute Gasteiger partial charge is 0.236 e. The van der Waals surface area contributed by atoms with Gasteiger partial charge < -0.3 is 4.90 Å². The molecule has 0 spiro atoms. The van der Waals surface area contributed by atoms with Gasteiger partial charge in [0.1, 0.15) is 5.78 Å². The van der Waals surface area contributed by atoms with Crippen molar-refractivity contribution in [1.29, 1.82) is 0 Å². The van der Waals surface area contributed by atoms with Crippen LogP contribution in [0.1, 0.15) is 44.1 Å². The average molecular weight is 342 g/mol. The van der Waals surface area contributed by atoms with Crippen molar-refractivity contribution in [3.05, 3.63) is 35.9 Å². The van der Waals surface area contributed by atoms with Crippen molar-refractivity contribution in [2.45, 2.75) is 44.9 Å². The molecule has 4 heteroatoms. The van der Waals surface area contributed by atoms with Crippen LogP contribution in [0.3, 0.4) is 0 Å². The maximum Gasteiger partial charge on any atom is 0.236 e. The van der Waals surface area contributed by atoms with Crippen molar-refractivity contribution < 1.29 is 9.59 Å². The molecule has 2 saturated heterocycles. The van der Waals surface area contributed by atoms with Crippen molar-refractivity contribution in [2.24, 2.45) is 5.92 Å². The molecule has 0 saturated carbocycles. The van der Waals surface area contributed by atoms with Gasteiger partial charge in [-0.25, -0.2) is 0 Å². The molecule has 1 amide bonds. The SMILES string of the molecule is O=C(CCc1ccccc1)[C@@H]1CCCN(CC(=O)N2CCCCC2)C1. The van der Waals surface area contributed by atoms with Gasteiger partial charge in [0.05, 0.1) is 6.54 Å². The summed E-state index contributed by atoms with van der Waals surface area (Å²) < 4.78 is 0. The number of likely N-dealkylation sites (tertiary alicyclic amines) is 2. The summed E-state index contributed by atoms with van der Waals surface area (Å²) in [4.78, 5) is 29.2. The molecule has 1 aromatic rings. The molecule has 1 atom stereocenters. The highest BCUT2D eigenvalue weighted by Gasteiger charge is 2.27. The van der Waals surface area contributed by atoms with Gasteiger partial charge in [0.25, 0.3) is 0 Å². The van der Waals surface area contributed by atoms with Crippen LogP contribution in [0.15, 0.2) is 30.3 Å². The Hall–Kier alpha value is -1.68. The van der Waals surface area contributed by atoms with E-state index in [2.05, 4.69) is 17.0 Å². The minimum atomic E-state index is 0.103. The number of ketones is 1. The summed E-state index contributed by atoms with van der Waals surface area (Å²) in [5.41, 5.74) is 1.23. The molecule has 2 aliphatic rings. The Morgan fingerprint density at radius 3 is 2.48 bits per heavy atom. The Morgan fingerprint density at radius 2 is 1.72 bits per heavy atom. The number of carbonyl (C=O) groups is 2. The van der Waals surface area contributed by atoms with E-state index in [0.717, 1.165) is 58.3 Å². The van der Waals surface area contributed by atoms with Crippen molar-refractivity contribution >= 4 is 11.7 Å². The highest BCUT2D eigenvalue weighted by Crippen LogP contribution is 2.20. The fourth-order valence-corrected chi connectivity index (χ4v) is 4.01. The van der Waals surface area contributed by atoms with Crippen LogP contribution < -0.4 is 0 Å². The second-order valence-corrected chi connectivity index (χ2v) is 7.47. The van der Waals surface area contributed by atoms with Gasteiger partial charge in [0.2, 0.25) is 5.91 Å². The van der Waals surface area contributed by atoms with Gasteiger partial charge in [-0.2, -0.15) is 0 Å². The lowest BCUT2D eigenvalue weighted by Crippen LogP contribution is -2.46. The first-order valence-electron chi connectivity index (χ1n) is 9.79. The number of hydrogen-bond donors (Lipinski definition) is 0. The molecule has 0 radical (unpaired) electrons. The van der Waals surface area contributed by atoms with Crippen LogP contribution in [0.5, 0.6) is 0 Å². The average Bonchev–Trinajstić information content (AvgIpc) is 2.68. The number of piperidine rings is 2. The van der Waals surface area contributed by atoms with Crippen LogP contribution in [0.2, 0.25) is 0 Å². The zero-order valence-electron chi connectivity index (χ0n) is 15.2. The molecule has 25 heavy (non-hydrogen) atoms. The molecule has 2 fully saturated rings. The topological polar surface area (TPSA) is 40.6 Å². The molecule has 3 rings (SSSR count). The molecule has 0 aliphatic carbocycles. The molecular weight excluding hydrogens is 312 g/mol. The van der Waals surface area contributed by atoms with Crippen LogP contribution in [-0.4, -0.2) is 54.2 Å². The second-order valence-electron chi connectivity index (χ2n) is 7.47. The molecule has 1 aromatic carbocycles. The Bertz CT molecular complexity index is 567. The second kappa shape index (κ2) is 9.14. The van der Waals surface area contributed by atoms with E-state index in [-0.39, 0.29) is 11.8 Å². The van der Waals surface area contributed by atoms with Crippen LogP contribution in [0.4, 0.5) is 0 Å². The maximum absolute atomic E-state index is 12.6. The third-order valence-electron chi connectivity index (χ3n) is 5.53. The summed E-state index contributed by atoms with van der Waals surface area (Å²) in [6.07, 6.45) is 6.94. The summed E-state index contributed by atoms with van der Waals surface area (Å²) >= 11 is 0. The Kier molecular flexibility index (Phi) is 6.62. The van der Waals surface area contributed by atoms with E-state index < -0.39 is 0 Å². The molecule has 2 aliphatic heterocycles. The summed E-state index contributed by atoms with van der Waals surface area (Å²) in [6, 6.07) is 10.2. The predicted octanol–water partition coefficient (Wildman–Crippen LogP) is 2.91. The summed E-state index contributed by atoms with van der Waals surface area (Å²) in [5, 5.41) is 0. The molecule has 4 nitrogen and oxygen atoms in total. The quantitative estimate of drug-likeness (QED) is 0.798. The van der Waals surface area contributed by atoms with Crippen molar-refractivity contribution in [1.82, 2.24) is 9.80 Å². The van der Waals surface area contributed by atoms with Crippen molar-refractivity contribution in [2.75, 3.05) is 32.7 Å². The summed E-state index contributed by atoms with van der Waals surface area (Å²) in [5.74, 6) is 0.711. The van der Waals surface area contributed by atoms with E-state index in [1.807, 2.05) is 23.1 Å². The Labute approximate surface area is 151 Å². The first-order chi connectivity index (χ1) is 12.2. The monoisotopic (exact) mass is 342 g/mol. The van der Waals surface area contributed by atoms with Gasteiger partial charge in [0.15, 0.2) is 0 Å².